The van der Waals surface area contributed by atoms with Crippen LogP contribution in [0.1, 0.15) is 22.9 Å². The van der Waals surface area contributed by atoms with Gasteiger partial charge < -0.3 is 14.3 Å². The topological polar surface area (TPSA) is 84.2 Å². The molecule has 3 aromatic rings. The second-order valence-electron chi connectivity index (χ2n) is 5.43. The summed E-state index contributed by atoms with van der Waals surface area (Å²) in [6, 6.07) is 15.0. The summed E-state index contributed by atoms with van der Waals surface area (Å²) in [6.07, 6.45) is 1.54. The van der Waals surface area contributed by atoms with Gasteiger partial charge in [0.05, 0.1) is 29.1 Å². The predicted octanol–water partition coefficient (Wildman–Crippen LogP) is 3.59. The van der Waals surface area contributed by atoms with Gasteiger partial charge in [-0.25, -0.2) is 4.68 Å². The fourth-order valence-electron chi connectivity index (χ4n) is 2.96. The SMILES string of the molecule is Cc1nn(-c2ccccc2)c2c1C(c1ccco1)C(C#N)=C(O)O2. The van der Waals surface area contributed by atoms with E-state index < -0.39 is 11.9 Å². The molecule has 0 bridgehead atoms. The van der Waals surface area contributed by atoms with Gasteiger partial charge >= 0.3 is 0 Å². The number of aryl methyl sites for hydroxylation is 1. The lowest BCUT2D eigenvalue weighted by molar-refractivity contribution is 0.184. The highest BCUT2D eigenvalue weighted by Gasteiger charge is 2.38. The van der Waals surface area contributed by atoms with Crippen molar-refractivity contribution in [2.24, 2.45) is 0 Å². The van der Waals surface area contributed by atoms with Crippen LogP contribution < -0.4 is 4.74 Å². The zero-order valence-electron chi connectivity index (χ0n) is 12.8. The Morgan fingerprint density at radius 1 is 1.21 bits per heavy atom. The number of aliphatic hydroxyl groups is 1. The molecule has 0 amide bonds. The van der Waals surface area contributed by atoms with Crippen LogP contribution in [-0.2, 0) is 0 Å². The third-order valence-corrected chi connectivity index (χ3v) is 4.01. The number of benzene rings is 1. The maximum atomic E-state index is 10.2. The Morgan fingerprint density at radius 3 is 2.67 bits per heavy atom. The van der Waals surface area contributed by atoms with E-state index in [1.54, 1.807) is 16.8 Å². The first kappa shape index (κ1) is 14.2. The standard InChI is InChI=1S/C18H13N3O3/c1-11-15-16(14-8-5-9-23-14)13(10-19)18(22)24-17(15)21(20-11)12-6-3-2-4-7-12/h2-9,16,22H,1H3. The van der Waals surface area contributed by atoms with E-state index in [9.17, 15) is 10.4 Å². The number of rotatable bonds is 2. The smallest absolute Gasteiger partial charge is 0.299 e. The van der Waals surface area contributed by atoms with Crippen molar-refractivity contribution in [1.29, 1.82) is 5.26 Å². The first-order valence-electron chi connectivity index (χ1n) is 7.40. The minimum atomic E-state index is -0.550. The summed E-state index contributed by atoms with van der Waals surface area (Å²) >= 11 is 0. The molecule has 1 aromatic carbocycles. The molecule has 118 valence electrons. The predicted molar refractivity (Wildman–Crippen MR) is 84.7 cm³/mol. The minimum Gasteiger partial charge on any atom is -0.480 e. The third-order valence-electron chi connectivity index (χ3n) is 4.01. The van der Waals surface area contributed by atoms with Gasteiger partial charge in [0, 0.05) is 0 Å². The zero-order chi connectivity index (χ0) is 16.7. The normalized spacial score (nSPS) is 16.4. The minimum absolute atomic E-state index is 0.105. The van der Waals surface area contributed by atoms with Gasteiger partial charge in [0.1, 0.15) is 17.4 Å². The van der Waals surface area contributed by atoms with Crippen molar-refractivity contribution in [3.8, 4) is 17.6 Å². The van der Waals surface area contributed by atoms with E-state index in [-0.39, 0.29) is 5.57 Å². The molecule has 0 spiro atoms. The number of nitrogens with zero attached hydrogens (tertiary/aromatic N) is 3. The number of ether oxygens (including phenoxy) is 1. The van der Waals surface area contributed by atoms with Crippen LogP contribution in [0.25, 0.3) is 5.69 Å². The summed E-state index contributed by atoms with van der Waals surface area (Å²) in [5.41, 5.74) is 2.32. The molecule has 1 N–H and O–H groups in total. The Balaban J connectivity index is 1.97. The van der Waals surface area contributed by atoms with Gasteiger partial charge in [-0.05, 0) is 31.2 Å². The van der Waals surface area contributed by atoms with Crippen molar-refractivity contribution < 1.29 is 14.3 Å². The van der Waals surface area contributed by atoms with Crippen LogP contribution in [0, 0.1) is 18.3 Å². The van der Waals surface area contributed by atoms with E-state index in [4.69, 9.17) is 9.15 Å². The van der Waals surface area contributed by atoms with Crippen molar-refractivity contribution >= 4 is 0 Å². The number of hydrogen-bond acceptors (Lipinski definition) is 5. The average Bonchev–Trinajstić information content (AvgIpc) is 3.23. The lowest BCUT2D eigenvalue weighted by Crippen LogP contribution is -2.17. The fraction of sp³-hybridized carbons (Fsp3) is 0.111. The number of allylic oxidation sites excluding steroid dienone is 1. The Hall–Kier alpha value is -3.46. The van der Waals surface area contributed by atoms with Gasteiger partial charge in [0.2, 0.25) is 5.88 Å². The average molecular weight is 319 g/mol. The molecule has 3 heterocycles. The fourth-order valence-corrected chi connectivity index (χ4v) is 2.96. The Bertz CT molecular complexity index is 963. The van der Waals surface area contributed by atoms with Gasteiger partial charge in [-0.15, -0.1) is 0 Å². The second-order valence-corrected chi connectivity index (χ2v) is 5.43. The van der Waals surface area contributed by atoms with Crippen LogP contribution in [0.15, 0.2) is 64.7 Å². The van der Waals surface area contributed by atoms with Crippen molar-refractivity contribution in [2.45, 2.75) is 12.8 Å². The Morgan fingerprint density at radius 2 is 2.00 bits per heavy atom. The van der Waals surface area contributed by atoms with Crippen LogP contribution in [0.3, 0.4) is 0 Å². The molecule has 4 rings (SSSR count). The summed E-state index contributed by atoms with van der Waals surface area (Å²) < 4.78 is 12.6. The van der Waals surface area contributed by atoms with Crippen molar-refractivity contribution in [1.82, 2.24) is 9.78 Å². The van der Waals surface area contributed by atoms with Crippen LogP contribution in [0.5, 0.6) is 5.88 Å². The molecule has 0 saturated heterocycles. The second kappa shape index (κ2) is 5.32. The van der Waals surface area contributed by atoms with Crippen molar-refractivity contribution in [3.63, 3.8) is 0 Å². The lowest BCUT2D eigenvalue weighted by Gasteiger charge is -2.22. The van der Waals surface area contributed by atoms with Gasteiger partial charge in [-0.2, -0.15) is 10.4 Å². The van der Waals surface area contributed by atoms with E-state index in [0.717, 1.165) is 5.69 Å². The van der Waals surface area contributed by atoms with Gasteiger partial charge in [0.15, 0.2) is 0 Å². The Labute approximate surface area is 137 Å². The maximum Gasteiger partial charge on any atom is 0.299 e. The quantitative estimate of drug-likeness (QED) is 0.780. The van der Waals surface area contributed by atoms with Crippen LogP contribution >= 0.6 is 0 Å². The summed E-state index contributed by atoms with van der Waals surface area (Å²) in [7, 11) is 0. The number of para-hydroxylation sites is 1. The molecule has 24 heavy (non-hydrogen) atoms. The zero-order valence-corrected chi connectivity index (χ0v) is 12.8. The molecule has 1 aliphatic rings. The summed E-state index contributed by atoms with van der Waals surface area (Å²) in [5.74, 6) is -0.0374. The first-order valence-corrected chi connectivity index (χ1v) is 7.40. The number of fused-ring (bicyclic) bond motifs is 1. The van der Waals surface area contributed by atoms with E-state index in [0.29, 0.717) is 22.9 Å². The lowest BCUT2D eigenvalue weighted by atomic mass is 9.88. The molecule has 1 aliphatic heterocycles. The number of hydrogen-bond donors (Lipinski definition) is 1. The highest BCUT2D eigenvalue weighted by Crippen LogP contribution is 2.44. The van der Waals surface area contributed by atoms with Crippen molar-refractivity contribution in [3.05, 3.63) is 77.3 Å². The summed E-state index contributed by atoms with van der Waals surface area (Å²) in [5, 5.41) is 24.2. The number of aromatic nitrogens is 2. The van der Waals surface area contributed by atoms with Crippen LogP contribution in [0.4, 0.5) is 0 Å². The monoisotopic (exact) mass is 319 g/mol. The number of aliphatic hydroxyl groups excluding tert-OH is 1. The van der Waals surface area contributed by atoms with E-state index in [2.05, 4.69) is 5.10 Å². The Kier molecular flexibility index (Phi) is 3.14. The van der Waals surface area contributed by atoms with E-state index >= 15 is 0 Å². The highest BCUT2D eigenvalue weighted by molar-refractivity contribution is 5.55. The van der Waals surface area contributed by atoms with E-state index in [1.807, 2.05) is 43.3 Å². The summed E-state index contributed by atoms with van der Waals surface area (Å²) in [4.78, 5) is 0. The molecular weight excluding hydrogens is 306 g/mol. The molecule has 2 aromatic heterocycles. The largest absolute Gasteiger partial charge is 0.480 e. The third kappa shape index (κ3) is 1.99. The molecule has 0 radical (unpaired) electrons. The highest BCUT2D eigenvalue weighted by atomic mass is 16.6. The number of furan rings is 1. The van der Waals surface area contributed by atoms with Gasteiger partial charge in [0.25, 0.3) is 5.95 Å². The number of nitriles is 1. The first-order chi connectivity index (χ1) is 11.7. The molecule has 6 nitrogen and oxygen atoms in total. The molecular formula is C18H13N3O3. The molecule has 6 heteroatoms. The van der Waals surface area contributed by atoms with E-state index in [1.165, 1.54) is 6.26 Å². The van der Waals surface area contributed by atoms with Gasteiger partial charge in [-0.3, -0.25) is 0 Å². The molecule has 0 saturated carbocycles. The summed E-state index contributed by atoms with van der Waals surface area (Å²) in [6.45, 7) is 1.84. The van der Waals surface area contributed by atoms with Crippen molar-refractivity contribution in [2.75, 3.05) is 0 Å². The molecule has 1 atom stereocenters. The van der Waals surface area contributed by atoms with Gasteiger partial charge in [-0.1, -0.05) is 18.2 Å². The molecule has 0 fully saturated rings. The molecule has 1 unspecified atom stereocenters. The molecule has 0 aliphatic carbocycles. The maximum absolute atomic E-state index is 10.2. The van der Waals surface area contributed by atoms with Crippen LogP contribution in [0.2, 0.25) is 0 Å². The van der Waals surface area contributed by atoms with Crippen LogP contribution in [-0.4, -0.2) is 14.9 Å².